The maximum absolute atomic E-state index is 8.61. The standard InChI is InChI=1S/C13H21NO/c15-12-8-3-1-2-7-11-14-13-9-5-4-6-10-13/h4-6,9-10,14-15H,1-3,7-8,11-12H2. The smallest absolute Gasteiger partial charge is 0.0431 e. The minimum Gasteiger partial charge on any atom is -0.396 e. The van der Waals surface area contributed by atoms with Gasteiger partial charge >= 0.3 is 0 Å². The Balaban J connectivity index is 1.93. The lowest BCUT2D eigenvalue weighted by Crippen LogP contribution is -2.00. The topological polar surface area (TPSA) is 32.3 Å². The number of aliphatic hydroxyl groups is 1. The summed E-state index contributed by atoms with van der Waals surface area (Å²) < 4.78 is 0. The summed E-state index contributed by atoms with van der Waals surface area (Å²) in [7, 11) is 0. The molecule has 0 radical (unpaired) electrons. The van der Waals surface area contributed by atoms with Gasteiger partial charge in [0.2, 0.25) is 0 Å². The van der Waals surface area contributed by atoms with Gasteiger partial charge in [0.25, 0.3) is 0 Å². The molecule has 2 N–H and O–H groups in total. The van der Waals surface area contributed by atoms with Crippen molar-refractivity contribution < 1.29 is 5.11 Å². The van der Waals surface area contributed by atoms with E-state index in [1.54, 1.807) is 0 Å². The summed E-state index contributed by atoms with van der Waals surface area (Å²) in [5.74, 6) is 0. The number of rotatable bonds is 8. The van der Waals surface area contributed by atoms with E-state index >= 15 is 0 Å². The number of hydrogen-bond acceptors (Lipinski definition) is 2. The second-order valence-electron chi connectivity index (χ2n) is 3.78. The van der Waals surface area contributed by atoms with Gasteiger partial charge in [-0.25, -0.2) is 0 Å². The van der Waals surface area contributed by atoms with Crippen LogP contribution in [0.1, 0.15) is 32.1 Å². The summed E-state index contributed by atoms with van der Waals surface area (Å²) in [5, 5.41) is 12.0. The molecule has 0 aliphatic heterocycles. The molecule has 0 amide bonds. The minimum absolute atomic E-state index is 0.336. The van der Waals surface area contributed by atoms with Crippen LogP contribution in [0.5, 0.6) is 0 Å². The normalized spacial score (nSPS) is 10.2. The lowest BCUT2D eigenvalue weighted by molar-refractivity contribution is 0.282. The molecule has 0 atom stereocenters. The highest BCUT2D eigenvalue weighted by molar-refractivity contribution is 5.42. The molecule has 1 aromatic carbocycles. The van der Waals surface area contributed by atoms with Gasteiger partial charge in [0.05, 0.1) is 0 Å². The molecule has 1 rings (SSSR count). The van der Waals surface area contributed by atoms with Gasteiger partial charge in [0.1, 0.15) is 0 Å². The number of anilines is 1. The number of benzene rings is 1. The third-order valence-corrected chi connectivity index (χ3v) is 2.44. The first-order chi connectivity index (χ1) is 7.43. The Morgan fingerprint density at radius 1 is 0.867 bits per heavy atom. The monoisotopic (exact) mass is 207 g/mol. The predicted molar refractivity (Wildman–Crippen MR) is 65.1 cm³/mol. The van der Waals surface area contributed by atoms with E-state index in [1.165, 1.54) is 24.9 Å². The van der Waals surface area contributed by atoms with Crippen molar-refractivity contribution in [1.29, 1.82) is 0 Å². The van der Waals surface area contributed by atoms with Crippen LogP contribution in [-0.4, -0.2) is 18.3 Å². The number of nitrogens with one attached hydrogen (secondary N) is 1. The van der Waals surface area contributed by atoms with E-state index < -0.39 is 0 Å². The second kappa shape index (κ2) is 8.30. The molecule has 0 spiro atoms. The van der Waals surface area contributed by atoms with Gasteiger partial charge in [-0.05, 0) is 25.0 Å². The molecule has 2 nitrogen and oxygen atoms in total. The lowest BCUT2D eigenvalue weighted by Gasteiger charge is -2.05. The molecule has 0 aliphatic carbocycles. The van der Waals surface area contributed by atoms with Crippen LogP contribution in [0, 0.1) is 0 Å². The molecule has 0 bridgehead atoms. The number of hydrogen-bond donors (Lipinski definition) is 2. The first-order valence-electron chi connectivity index (χ1n) is 5.83. The van der Waals surface area contributed by atoms with E-state index in [4.69, 9.17) is 5.11 Å². The Bertz CT molecular complexity index is 236. The maximum atomic E-state index is 8.61. The zero-order valence-corrected chi connectivity index (χ0v) is 9.28. The van der Waals surface area contributed by atoms with Crippen LogP contribution in [0.25, 0.3) is 0 Å². The zero-order valence-electron chi connectivity index (χ0n) is 9.28. The molecule has 0 unspecified atom stereocenters. The van der Waals surface area contributed by atoms with E-state index in [0.717, 1.165) is 19.4 Å². The van der Waals surface area contributed by atoms with E-state index in [0.29, 0.717) is 6.61 Å². The van der Waals surface area contributed by atoms with Crippen molar-refractivity contribution in [1.82, 2.24) is 0 Å². The Morgan fingerprint density at radius 3 is 2.27 bits per heavy atom. The summed E-state index contributed by atoms with van der Waals surface area (Å²) in [6, 6.07) is 10.3. The highest BCUT2D eigenvalue weighted by atomic mass is 16.2. The van der Waals surface area contributed by atoms with E-state index in [1.807, 2.05) is 18.2 Å². The predicted octanol–water partition coefficient (Wildman–Crippen LogP) is 3.04. The summed E-state index contributed by atoms with van der Waals surface area (Å²) in [6.45, 7) is 1.38. The molecule has 0 saturated carbocycles. The first kappa shape index (κ1) is 12.1. The van der Waals surface area contributed by atoms with Crippen LogP contribution in [0.2, 0.25) is 0 Å². The van der Waals surface area contributed by atoms with Crippen molar-refractivity contribution in [2.24, 2.45) is 0 Å². The third-order valence-electron chi connectivity index (χ3n) is 2.44. The third kappa shape index (κ3) is 6.13. The Hall–Kier alpha value is -1.02. The van der Waals surface area contributed by atoms with Gasteiger partial charge < -0.3 is 10.4 Å². The second-order valence-corrected chi connectivity index (χ2v) is 3.78. The van der Waals surface area contributed by atoms with Crippen LogP contribution < -0.4 is 5.32 Å². The number of unbranched alkanes of at least 4 members (excludes halogenated alkanes) is 4. The van der Waals surface area contributed by atoms with Gasteiger partial charge in [-0.3, -0.25) is 0 Å². The molecule has 0 aromatic heterocycles. The van der Waals surface area contributed by atoms with E-state index in [9.17, 15) is 0 Å². The molecule has 1 aromatic rings. The number of aliphatic hydroxyl groups excluding tert-OH is 1. The molecule has 0 saturated heterocycles. The van der Waals surface area contributed by atoms with Crippen molar-refractivity contribution >= 4 is 5.69 Å². The van der Waals surface area contributed by atoms with Gasteiger partial charge in [-0.1, -0.05) is 37.5 Å². The SMILES string of the molecule is OCCCCCCCNc1ccccc1. The summed E-state index contributed by atoms with van der Waals surface area (Å²) in [5.41, 5.74) is 1.20. The average molecular weight is 207 g/mol. The fourth-order valence-corrected chi connectivity index (χ4v) is 1.56. The number of para-hydroxylation sites is 1. The van der Waals surface area contributed by atoms with Gasteiger partial charge in [0.15, 0.2) is 0 Å². The fraction of sp³-hybridized carbons (Fsp3) is 0.538. The largest absolute Gasteiger partial charge is 0.396 e. The van der Waals surface area contributed by atoms with Gasteiger partial charge in [-0.2, -0.15) is 0 Å². The summed E-state index contributed by atoms with van der Waals surface area (Å²) >= 11 is 0. The summed E-state index contributed by atoms with van der Waals surface area (Å²) in [6.07, 6.45) is 5.80. The Morgan fingerprint density at radius 2 is 1.53 bits per heavy atom. The van der Waals surface area contributed by atoms with Crippen LogP contribution >= 0.6 is 0 Å². The van der Waals surface area contributed by atoms with E-state index in [2.05, 4.69) is 17.4 Å². The van der Waals surface area contributed by atoms with Gasteiger partial charge in [-0.15, -0.1) is 0 Å². The fourth-order valence-electron chi connectivity index (χ4n) is 1.56. The van der Waals surface area contributed by atoms with Crippen LogP contribution in [0.3, 0.4) is 0 Å². The van der Waals surface area contributed by atoms with Crippen LogP contribution in [0.4, 0.5) is 5.69 Å². The van der Waals surface area contributed by atoms with Crippen LogP contribution in [-0.2, 0) is 0 Å². The first-order valence-corrected chi connectivity index (χ1v) is 5.83. The van der Waals surface area contributed by atoms with Crippen LogP contribution in [0.15, 0.2) is 30.3 Å². The van der Waals surface area contributed by atoms with Gasteiger partial charge in [0, 0.05) is 18.8 Å². The minimum atomic E-state index is 0.336. The molecular weight excluding hydrogens is 186 g/mol. The average Bonchev–Trinajstić information content (AvgIpc) is 2.29. The molecule has 0 fully saturated rings. The lowest BCUT2D eigenvalue weighted by atomic mass is 10.1. The zero-order chi connectivity index (χ0) is 10.8. The van der Waals surface area contributed by atoms with Crippen molar-refractivity contribution in [2.45, 2.75) is 32.1 Å². The van der Waals surface area contributed by atoms with Crippen molar-refractivity contribution in [2.75, 3.05) is 18.5 Å². The Labute approximate surface area is 92.3 Å². The maximum Gasteiger partial charge on any atom is 0.0431 e. The molecule has 0 heterocycles. The quantitative estimate of drug-likeness (QED) is 0.642. The highest BCUT2D eigenvalue weighted by Gasteiger charge is 1.91. The Kier molecular flexibility index (Phi) is 6.67. The molecular formula is C13H21NO. The van der Waals surface area contributed by atoms with E-state index in [-0.39, 0.29) is 0 Å². The van der Waals surface area contributed by atoms with Crippen molar-refractivity contribution in [3.8, 4) is 0 Å². The molecule has 0 aliphatic rings. The molecule has 84 valence electrons. The van der Waals surface area contributed by atoms with Crippen molar-refractivity contribution in [3.63, 3.8) is 0 Å². The summed E-state index contributed by atoms with van der Waals surface area (Å²) in [4.78, 5) is 0. The molecule has 2 heteroatoms. The highest BCUT2D eigenvalue weighted by Crippen LogP contribution is 2.06. The molecule has 15 heavy (non-hydrogen) atoms. The van der Waals surface area contributed by atoms with Crippen molar-refractivity contribution in [3.05, 3.63) is 30.3 Å².